The Bertz CT molecular complexity index is 980. The molecule has 7 heteroatoms. The van der Waals surface area contributed by atoms with E-state index in [0.29, 0.717) is 18.7 Å². The maximum atomic E-state index is 12.8. The molecule has 144 valence electrons. The SMILES string of the molecule is COc1cccc(-n2ccnc2N2CCN(C(=O)c3cccc(Br)c3)CC2)c1. The summed E-state index contributed by atoms with van der Waals surface area (Å²) in [5.74, 6) is 1.75. The number of carbonyl (C=O) groups is 1. The Morgan fingerprint density at radius 2 is 1.86 bits per heavy atom. The molecule has 0 aliphatic carbocycles. The van der Waals surface area contributed by atoms with E-state index >= 15 is 0 Å². The molecule has 1 aliphatic heterocycles. The first-order chi connectivity index (χ1) is 13.7. The van der Waals surface area contributed by atoms with E-state index in [1.807, 2.05) is 64.2 Å². The predicted molar refractivity (Wildman–Crippen MR) is 112 cm³/mol. The Morgan fingerprint density at radius 1 is 1.07 bits per heavy atom. The molecule has 0 spiro atoms. The van der Waals surface area contributed by atoms with Gasteiger partial charge in [-0.25, -0.2) is 4.98 Å². The van der Waals surface area contributed by atoms with Gasteiger partial charge in [-0.15, -0.1) is 0 Å². The minimum atomic E-state index is 0.0667. The van der Waals surface area contributed by atoms with Gasteiger partial charge >= 0.3 is 0 Å². The van der Waals surface area contributed by atoms with Gasteiger partial charge < -0.3 is 14.5 Å². The second-order valence-electron chi connectivity index (χ2n) is 6.59. The monoisotopic (exact) mass is 440 g/mol. The summed E-state index contributed by atoms with van der Waals surface area (Å²) in [5, 5.41) is 0. The average Bonchev–Trinajstić information content (AvgIpc) is 3.23. The molecule has 0 radical (unpaired) electrons. The van der Waals surface area contributed by atoms with Crippen molar-refractivity contribution in [2.24, 2.45) is 0 Å². The Kier molecular flexibility index (Phi) is 5.34. The second kappa shape index (κ2) is 8.06. The number of aromatic nitrogens is 2. The zero-order chi connectivity index (χ0) is 19.5. The number of imidazole rings is 1. The van der Waals surface area contributed by atoms with Crippen LogP contribution in [-0.4, -0.2) is 53.6 Å². The van der Waals surface area contributed by atoms with Gasteiger partial charge in [0.15, 0.2) is 0 Å². The number of benzene rings is 2. The fourth-order valence-corrected chi connectivity index (χ4v) is 3.80. The Labute approximate surface area is 172 Å². The van der Waals surface area contributed by atoms with Crippen molar-refractivity contribution in [2.75, 3.05) is 38.2 Å². The van der Waals surface area contributed by atoms with Crippen LogP contribution in [0, 0.1) is 0 Å². The molecule has 1 aliphatic rings. The van der Waals surface area contributed by atoms with Crippen molar-refractivity contribution in [3.63, 3.8) is 0 Å². The normalized spacial score (nSPS) is 14.2. The third-order valence-corrected chi connectivity index (χ3v) is 5.37. The van der Waals surface area contributed by atoms with Crippen LogP contribution in [0.2, 0.25) is 0 Å². The summed E-state index contributed by atoms with van der Waals surface area (Å²) >= 11 is 3.43. The van der Waals surface area contributed by atoms with Crippen molar-refractivity contribution < 1.29 is 9.53 Å². The maximum absolute atomic E-state index is 12.8. The Balaban J connectivity index is 1.47. The van der Waals surface area contributed by atoms with Crippen molar-refractivity contribution in [1.82, 2.24) is 14.5 Å². The first-order valence-electron chi connectivity index (χ1n) is 9.13. The van der Waals surface area contributed by atoms with E-state index in [4.69, 9.17) is 4.74 Å². The largest absolute Gasteiger partial charge is 0.497 e. The molecule has 6 nitrogen and oxygen atoms in total. The van der Waals surface area contributed by atoms with Crippen molar-refractivity contribution in [3.05, 3.63) is 71.0 Å². The number of rotatable bonds is 4. The quantitative estimate of drug-likeness (QED) is 0.621. The van der Waals surface area contributed by atoms with Crippen molar-refractivity contribution in [3.8, 4) is 11.4 Å². The number of hydrogen-bond acceptors (Lipinski definition) is 4. The third-order valence-electron chi connectivity index (χ3n) is 4.87. The van der Waals surface area contributed by atoms with Crippen LogP contribution in [-0.2, 0) is 0 Å². The van der Waals surface area contributed by atoms with Gasteiger partial charge in [-0.3, -0.25) is 9.36 Å². The zero-order valence-corrected chi connectivity index (χ0v) is 17.2. The van der Waals surface area contributed by atoms with Gasteiger partial charge in [0.2, 0.25) is 5.95 Å². The molecule has 0 unspecified atom stereocenters. The Hall–Kier alpha value is -2.80. The highest BCUT2D eigenvalue weighted by Crippen LogP contribution is 2.23. The van der Waals surface area contributed by atoms with Gasteiger partial charge in [-0.1, -0.05) is 28.1 Å². The standard InChI is InChI=1S/C21H21BrN4O2/c1-28-19-7-3-6-18(15-19)26-9-8-23-21(26)25-12-10-24(11-13-25)20(27)16-4-2-5-17(22)14-16/h2-9,14-15H,10-13H2,1H3. The maximum Gasteiger partial charge on any atom is 0.254 e. The van der Waals surface area contributed by atoms with Crippen LogP contribution in [0.3, 0.4) is 0 Å². The number of amides is 1. The first kappa shape index (κ1) is 18.6. The van der Waals surface area contributed by atoms with E-state index in [2.05, 4.69) is 25.8 Å². The smallest absolute Gasteiger partial charge is 0.254 e. The molecule has 2 heterocycles. The molecule has 4 rings (SSSR count). The van der Waals surface area contributed by atoms with Crippen LogP contribution in [0.4, 0.5) is 5.95 Å². The number of methoxy groups -OCH3 is 1. The fourth-order valence-electron chi connectivity index (χ4n) is 3.41. The van der Waals surface area contributed by atoms with Crippen LogP contribution >= 0.6 is 15.9 Å². The molecular formula is C21H21BrN4O2. The highest BCUT2D eigenvalue weighted by atomic mass is 79.9. The summed E-state index contributed by atoms with van der Waals surface area (Å²) in [6.45, 7) is 2.80. The van der Waals surface area contributed by atoms with Gasteiger partial charge in [0, 0.05) is 54.7 Å². The summed E-state index contributed by atoms with van der Waals surface area (Å²) < 4.78 is 8.30. The molecule has 2 aromatic carbocycles. The molecule has 0 saturated carbocycles. The van der Waals surface area contributed by atoms with E-state index < -0.39 is 0 Å². The molecule has 1 aromatic heterocycles. The molecule has 0 bridgehead atoms. The Morgan fingerprint density at radius 3 is 2.61 bits per heavy atom. The summed E-state index contributed by atoms with van der Waals surface area (Å²) in [6.07, 6.45) is 3.75. The molecule has 1 fully saturated rings. The zero-order valence-electron chi connectivity index (χ0n) is 15.6. The lowest BCUT2D eigenvalue weighted by molar-refractivity contribution is 0.0746. The molecule has 1 amide bonds. The predicted octanol–water partition coefficient (Wildman–Crippen LogP) is 3.61. The lowest BCUT2D eigenvalue weighted by atomic mass is 10.2. The highest BCUT2D eigenvalue weighted by Gasteiger charge is 2.24. The number of ether oxygens (including phenoxy) is 1. The minimum absolute atomic E-state index is 0.0667. The molecule has 3 aromatic rings. The first-order valence-corrected chi connectivity index (χ1v) is 9.92. The summed E-state index contributed by atoms with van der Waals surface area (Å²) in [6, 6.07) is 15.4. The number of anilines is 1. The third kappa shape index (κ3) is 3.75. The lowest BCUT2D eigenvalue weighted by Gasteiger charge is -2.35. The van der Waals surface area contributed by atoms with Crippen LogP contribution in [0.15, 0.2) is 65.4 Å². The van der Waals surface area contributed by atoms with Crippen LogP contribution in [0.5, 0.6) is 5.75 Å². The van der Waals surface area contributed by atoms with Gasteiger partial charge in [-0.05, 0) is 30.3 Å². The molecule has 0 N–H and O–H groups in total. The van der Waals surface area contributed by atoms with Crippen LogP contribution in [0.25, 0.3) is 5.69 Å². The van der Waals surface area contributed by atoms with Crippen molar-refractivity contribution in [1.29, 1.82) is 0 Å². The second-order valence-corrected chi connectivity index (χ2v) is 7.50. The van der Waals surface area contributed by atoms with Gasteiger partial charge in [0.25, 0.3) is 5.91 Å². The van der Waals surface area contributed by atoms with E-state index in [9.17, 15) is 4.79 Å². The van der Waals surface area contributed by atoms with E-state index in [1.54, 1.807) is 13.3 Å². The van der Waals surface area contributed by atoms with Gasteiger partial charge in [0.1, 0.15) is 5.75 Å². The lowest BCUT2D eigenvalue weighted by Crippen LogP contribution is -2.49. The van der Waals surface area contributed by atoms with Gasteiger partial charge in [-0.2, -0.15) is 0 Å². The van der Waals surface area contributed by atoms with E-state index in [-0.39, 0.29) is 5.91 Å². The van der Waals surface area contributed by atoms with Crippen LogP contribution < -0.4 is 9.64 Å². The van der Waals surface area contributed by atoms with Crippen LogP contribution in [0.1, 0.15) is 10.4 Å². The van der Waals surface area contributed by atoms with Gasteiger partial charge in [0.05, 0.1) is 12.8 Å². The van der Waals surface area contributed by atoms with E-state index in [1.165, 1.54) is 0 Å². The van der Waals surface area contributed by atoms with Crippen molar-refractivity contribution >= 4 is 27.8 Å². The molecule has 0 atom stereocenters. The minimum Gasteiger partial charge on any atom is -0.497 e. The number of nitrogens with zero attached hydrogens (tertiary/aromatic N) is 4. The average molecular weight is 441 g/mol. The number of carbonyl (C=O) groups excluding carboxylic acids is 1. The summed E-state index contributed by atoms with van der Waals surface area (Å²) in [4.78, 5) is 21.4. The molecule has 1 saturated heterocycles. The van der Waals surface area contributed by atoms with Crippen molar-refractivity contribution in [2.45, 2.75) is 0 Å². The molecular weight excluding hydrogens is 420 g/mol. The summed E-state index contributed by atoms with van der Waals surface area (Å²) in [5.41, 5.74) is 1.71. The highest BCUT2D eigenvalue weighted by molar-refractivity contribution is 9.10. The number of hydrogen-bond donors (Lipinski definition) is 0. The molecule has 28 heavy (non-hydrogen) atoms. The summed E-state index contributed by atoms with van der Waals surface area (Å²) in [7, 11) is 1.66. The topological polar surface area (TPSA) is 50.6 Å². The fraction of sp³-hybridized carbons (Fsp3) is 0.238. The number of piperazine rings is 1. The van der Waals surface area contributed by atoms with E-state index in [0.717, 1.165) is 34.9 Å². The number of halogens is 1.